The molecule has 2 bridgehead atoms. The number of hydrogen-bond donors (Lipinski definition) is 3. The molecule has 2 unspecified atom stereocenters. The molecule has 4 aliphatic rings. The maximum absolute atomic E-state index is 16.7. The highest BCUT2D eigenvalue weighted by Crippen LogP contribution is 2.43. The fourth-order valence-electron chi connectivity index (χ4n) is 7.75. The van der Waals surface area contributed by atoms with Crippen LogP contribution in [-0.4, -0.2) is 84.7 Å². The van der Waals surface area contributed by atoms with E-state index < -0.39 is 23.3 Å². The number of benzene rings is 2. The second kappa shape index (κ2) is 10.4. The van der Waals surface area contributed by atoms with E-state index in [9.17, 15) is 4.39 Å². The lowest BCUT2D eigenvalue weighted by atomic mass is 9.93. The standard InChI is InChI=1S/C31H36F3N7O.H2/c1-17-4-5-18(12-35)27(36-2)24(17)25-23(33)10-22-28(26(25)34)38-30(39-29(22)40-14-20-6-7-21(15-40)37-20)42-16-31-8-3-9-41(31)13-19(32)11-31;/h4-5,10,12,19-21,35-37H,3,6-9,11,13-16H2,1-2H3;1H/t19-,20?,21?,31+;/m1./s1. The Hall–Kier alpha value is -3.44. The first-order valence-corrected chi connectivity index (χ1v) is 14.8. The van der Waals surface area contributed by atoms with Crippen molar-refractivity contribution in [3.63, 3.8) is 0 Å². The van der Waals surface area contributed by atoms with Crippen molar-refractivity contribution in [3.05, 3.63) is 41.0 Å². The summed E-state index contributed by atoms with van der Waals surface area (Å²) in [4.78, 5) is 13.5. The summed E-state index contributed by atoms with van der Waals surface area (Å²) in [6, 6.07) is 5.40. The molecule has 11 heteroatoms. The van der Waals surface area contributed by atoms with Gasteiger partial charge >= 0.3 is 6.01 Å². The third kappa shape index (κ3) is 4.40. The average Bonchev–Trinajstić information content (AvgIpc) is 3.62. The monoisotopic (exact) mass is 581 g/mol. The lowest BCUT2D eigenvalue weighted by Gasteiger charge is -2.34. The Bertz CT molecular complexity index is 1560. The van der Waals surface area contributed by atoms with E-state index in [0.29, 0.717) is 59.6 Å². The lowest BCUT2D eigenvalue weighted by Crippen LogP contribution is -2.51. The zero-order valence-corrected chi connectivity index (χ0v) is 23.9. The minimum Gasteiger partial charge on any atom is -0.461 e. The van der Waals surface area contributed by atoms with Crippen LogP contribution in [0.4, 0.5) is 24.7 Å². The van der Waals surface area contributed by atoms with E-state index in [4.69, 9.17) is 15.1 Å². The van der Waals surface area contributed by atoms with Gasteiger partial charge < -0.3 is 25.7 Å². The van der Waals surface area contributed by atoms with Crippen molar-refractivity contribution in [3.8, 4) is 17.1 Å². The van der Waals surface area contributed by atoms with Crippen LogP contribution in [0.1, 0.15) is 44.7 Å². The molecule has 4 aliphatic heterocycles. The molecule has 4 atom stereocenters. The second-order valence-corrected chi connectivity index (χ2v) is 12.3. The van der Waals surface area contributed by atoms with Gasteiger partial charge in [0, 0.05) is 69.3 Å². The first kappa shape index (κ1) is 27.4. The Morgan fingerprint density at radius 3 is 2.71 bits per heavy atom. The van der Waals surface area contributed by atoms with Crippen LogP contribution in [0.3, 0.4) is 0 Å². The fourth-order valence-corrected chi connectivity index (χ4v) is 7.75. The van der Waals surface area contributed by atoms with Crippen molar-refractivity contribution in [2.75, 3.05) is 50.1 Å². The Morgan fingerprint density at radius 1 is 1.19 bits per heavy atom. The van der Waals surface area contributed by atoms with Crippen molar-refractivity contribution in [2.24, 2.45) is 0 Å². The van der Waals surface area contributed by atoms with Crippen LogP contribution in [-0.2, 0) is 0 Å². The molecular weight excluding hydrogens is 543 g/mol. The van der Waals surface area contributed by atoms with Gasteiger partial charge in [-0.2, -0.15) is 9.97 Å². The number of anilines is 2. The quantitative estimate of drug-likeness (QED) is 0.336. The zero-order chi connectivity index (χ0) is 29.2. The maximum Gasteiger partial charge on any atom is 0.319 e. The van der Waals surface area contributed by atoms with Crippen molar-refractivity contribution >= 4 is 28.6 Å². The van der Waals surface area contributed by atoms with Crippen LogP contribution >= 0.6 is 0 Å². The third-order valence-corrected chi connectivity index (χ3v) is 9.69. The number of piperazine rings is 1. The highest BCUT2D eigenvalue weighted by atomic mass is 19.1. The minimum atomic E-state index is -0.900. The first-order chi connectivity index (χ1) is 20.3. The fraction of sp³-hybridized carbons (Fsp3) is 0.516. The molecule has 0 saturated carbocycles. The van der Waals surface area contributed by atoms with Crippen molar-refractivity contribution < 1.29 is 19.3 Å². The molecule has 4 fully saturated rings. The van der Waals surface area contributed by atoms with Gasteiger partial charge in [-0.05, 0) is 50.8 Å². The predicted molar refractivity (Wildman–Crippen MR) is 160 cm³/mol. The predicted octanol–water partition coefficient (Wildman–Crippen LogP) is 5.06. The van der Waals surface area contributed by atoms with Gasteiger partial charge in [0.2, 0.25) is 0 Å². The van der Waals surface area contributed by atoms with Gasteiger partial charge in [0.25, 0.3) is 0 Å². The van der Waals surface area contributed by atoms with E-state index in [1.54, 1.807) is 26.1 Å². The molecule has 1 aromatic heterocycles. The number of aromatic nitrogens is 2. The molecule has 8 nitrogen and oxygen atoms in total. The number of aryl methyl sites for hydroxylation is 1. The highest BCUT2D eigenvalue weighted by molar-refractivity contribution is 5.99. The van der Waals surface area contributed by atoms with E-state index in [1.807, 2.05) is 0 Å². The van der Waals surface area contributed by atoms with Gasteiger partial charge in [-0.15, -0.1) is 0 Å². The molecule has 2 aromatic carbocycles. The van der Waals surface area contributed by atoms with E-state index >= 15 is 8.78 Å². The Kier molecular flexibility index (Phi) is 6.77. The summed E-state index contributed by atoms with van der Waals surface area (Å²) in [7, 11) is 1.67. The van der Waals surface area contributed by atoms with Crippen molar-refractivity contribution in [1.29, 1.82) is 5.41 Å². The van der Waals surface area contributed by atoms with Crippen LogP contribution < -0.4 is 20.3 Å². The molecule has 4 saturated heterocycles. The second-order valence-electron chi connectivity index (χ2n) is 12.3. The normalized spacial score (nSPS) is 27.1. The van der Waals surface area contributed by atoms with Gasteiger partial charge in [0.05, 0.1) is 16.8 Å². The molecule has 0 radical (unpaired) electrons. The number of fused-ring (bicyclic) bond motifs is 4. The number of rotatable bonds is 7. The lowest BCUT2D eigenvalue weighted by molar-refractivity contribution is 0.107. The number of halogens is 3. The van der Waals surface area contributed by atoms with E-state index in [1.165, 1.54) is 6.07 Å². The summed E-state index contributed by atoms with van der Waals surface area (Å²) in [5.41, 5.74) is 1.35. The van der Waals surface area contributed by atoms with E-state index in [-0.39, 0.29) is 37.2 Å². The average molecular weight is 582 g/mol. The number of hydrogen-bond acceptors (Lipinski definition) is 8. The van der Waals surface area contributed by atoms with Gasteiger partial charge in [-0.1, -0.05) is 12.1 Å². The Balaban J connectivity index is 0.00000329. The molecule has 224 valence electrons. The molecule has 3 N–H and O–H groups in total. The summed E-state index contributed by atoms with van der Waals surface area (Å²) in [6.07, 6.45) is 4.54. The SMILES string of the molecule is CNc1c(C=N)ccc(C)c1-c1c(F)cc2c(N3CC4CCC(C3)N4)nc(OC[C@@]34CCCN3C[C@H](F)C4)nc2c1F.[HH]. The molecular formula is C31H38F3N7O. The first-order valence-electron chi connectivity index (χ1n) is 14.8. The largest absolute Gasteiger partial charge is 0.461 e. The number of nitrogens with one attached hydrogen (secondary N) is 3. The molecule has 3 aromatic rings. The van der Waals surface area contributed by atoms with Crippen LogP contribution in [0.5, 0.6) is 6.01 Å². The number of nitrogens with zero attached hydrogens (tertiary/aromatic N) is 4. The summed E-state index contributed by atoms with van der Waals surface area (Å²) in [5, 5.41) is 14.7. The van der Waals surface area contributed by atoms with E-state index in [2.05, 4.69) is 25.4 Å². The van der Waals surface area contributed by atoms with Gasteiger partial charge in [-0.3, -0.25) is 4.90 Å². The van der Waals surface area contributed by atoms with E-state index in [0.717, 1.165) is 38.4 Å². The van der Waals surface area contributed by atoms with Crippen LogP contribution in [0.25, 0.3) is 22.0 Å². The molecule has 0 spiro atoms. The topological polar surface area (TPSA) is 89.4 Å². The van der Waals surface area contributed by atoms with Crippen molar-refractivity contribution in [2.45, 2.75) is 62.8 Å². The smallest absolute Gasteiger partial charge is 0.319 e. The number of ether oxygens (including phenoxy) is 1. The summed E-state index contributed by atoms with van der Waals surface area (Å²) in [5.74, 6) is -1.07. The van der Waals surface area contributed by atoms with Crippen LogP contribution in [0, 0.1) is 24.0 Å². The maximum atomic E-state index is 16.7. The molecule has 42 heavy (non-hydrogen) atoms. The number of alkyl halides is 1. The zero-order valence-electron chi connectivity index (χ0n) is 23.9. The summed E-state index contributed by atoms with van der Waals surface area (Å²) >= 11 is 0. The van der Waals surface area contributed by atoms with Crippen molar-refractivity contribution in [1.82, 2.24) is 20.2 Å². The van der Waals surface area contributed by atoms with Gasteiger partial charge in [-0.25, -0.2) is 13.2 Å². The Labute approximate surface area is 244 Å². The summed E-state index contributed by atoms with van der Waals surface area (Å²) < 4.78 is 53.4. The molecule has 5 heterocycles. The molecule has 7 rings (SSSR count). The van der Waals surface area contributed by atoms with Crippen LogP contribution in [0.15, 0.2) is 18.2 Å². The third-order valence-electron chi connectivity index (χ3n) is 9.69. The molecule has 0 amide bonds. The summed E-state index contributed by atoms with van der Waals surface area (Å²) in [6.45, 7) is 4.56. The van der Waals surface area contributed by atoms with Crippen LogP contribution in [0.2, 0.25) is 0 Å². The van der Waals surface area contributed by atoms with Gasteiger partial charge in [0.1, 0.15) is 29.9 Å². The van der Waals surface area contributed by atoms with Gasteiger partial charge in [0.15, 0.2) is 5.82 Å². The molecule has 0 aliphatic carbocycles. The Morgan fingerprint density at radius 2 is 1.98 bits per heavy atom. The highest BCUT2D eigenvalue weighted by Gasteiger charge is 2.49. The minimum absolute atomic E-state index is 0.